The third kappa shape index (κ3) is 6.18. The highest BCUT2D eigenvalue weighted by Gasteiger charge is 2.62. The number of halogens is 4. The van der Waals surface area contributed by atoms with E-state index in [1.54, 1.807) is 6.92 Å². The van der Waals surface area contributed by atoms with Crippen LogP contribution >= 0.6 is 11.6 Å². The maximum atomic E-state index is 13.8. The van der Waals surface area contributed by atoms with E-state index in [-0.39, 0.29) is 29.3 Å². The zero-order chi connectivity index (χ0) is 31.4. The van der Waals surface area contributed by atoms with Crippen molar-refractivity contribution in [2.24, 2.45) is 17.8 Å². The molecule has 0 spiro atoms. The molecule has 5 N–H and O–H groups in total. The van der Waals surface area contributed by atoms with Crippen LogP contribution in [0.15, 0.2) is 35.2 Å². The average molecular weight is 655 g/mol. The molecule has 2 aliphatic carbocycles. The summed E-state index contributed by atoms with van der Waals surface area (Å²) in [6.07, 6.45) is -2.48. The van der Waals surface area contributed by atoms with Crippen LogP contribution in [0.5, 0.6) is 0 Å². The molecule has 0 radical (unpaired) electrons. The van der Waals surface area contributed by atoms with E-state index >= 15 is 0 Å². The Labute approximate surface area is 245 Å². The Morgan fingerprint density at radius 2 is 1.69 bits per heavy atom. The minimum atomic E-state index is -4.24. The minimum absolute atomic E-state index is 0.121. The molecule has 0 heterocycles. The lowest BCUT2D eigenvalue weighted by atomic mass is 9.69. The molecular formula is C26H30ClF3N2O8S2. The van der Waals surface area contributed by atoms with Gasteiger partial charge in [-0.2, -0.15) is 0 Å². The lowest BCUT2D eigenvalue weighted by Crippen LogP contribution is -2.61. The van der Waals surface area contributed by atoms with Gasteiger partial charge in [0, 0.05) is 29.9 Å². The largest absolute Gasteiger partial charge is 0.389 e. The van der Waals surface area contributed by atoms with Crippen LogP contribution in [0.3, 0.4) is 0 Å². The van der Waals surface area contributed by atoms with Gasteiger partial charge in [0.15, 0.2) is 27.3 Å². The molecular weight excluding hydrogens is 625 g/mol. The molecule has 0 aliphatic heterocycles. The highest BCUT2D eigenvalue weighted by Crippen LogP contribution is 2.56. The lowest BCUT2D eigenvalue weighted by molar-refractivity contribution is -0.177. The van der Waals surface area contributed by atoms with Crippen molar-refractivity contribution >= 4 is 43.1 Å². The lowest BCUT2D eigenvalue weighted by Gasteiger charge is -2.47. The van der Waals surface area contributed by atoms with Crippen LogP contribution in [0.2, 0.25) is 5.02 Å². The molecule has 42 heavy (non-hydrogen) atoms. The minimum Gasteiger partial charge on any atom is -0.389 e. The number of benzene rings is 2. The molecule has 3 unspecified atom stereocenters. The number of aliphatic hydroxyl groups excluding tert-OH is 2. The fourth-order valence-corrected chi connectivity index (χ4v) is 9.06. The number of aliphatic hydroxyl groups is 3. The Morgan fingerprint density at radius 1 is 1.07 bits per heavy atom. The molecule has 2 saturated carbocycles. The normalized spacial score (nSPS) is 27.5. The van der Waals surface area contributed by atoms with Gasteiger partial charge in [0.25, 0.3) is 5.91 Å². The molecule has 4 rings (SSSR count). The molecule has 7 atom stereocenters. The summed E-state index contributed by atoms with van der Waals surface area (Å²) in [7, 11) is -7.94. The van der Waals surface area contributed by atoms with E-state index in [9.17, 15) is 50.1 Å². The Kier molecular flexibility index (Phi) is 9.07. The van der Waals surface area contributed by atoms with E-state index in [1.807, 2.05) is 0 Å². The summed E-state index contributed by atoms with van der Waals surface area (Å²) in [6.45, 7) is 1.22. The van der Waals surface area contributed by atoms with Gasteiger partial charge in [-0.3, -0.25) is 4.79 Å². The smallest absolute Gasteiger partial charge is 0.255 e. The second kappa shape index (κ2) is 11.7. The maximum absolute atomic E-state index is 13.8. The molecule has 16 heteroatoms. The van der Waals surface area contributed by atoms with E-state index in [0.717, 1.165) is 12.3 Å². The van der Waals surface area contributed by atoms with Crippen LogP contribution in [0.4, 0.5) is 18.9 Å². The molecule has 0 saturated heterocycles. The standard InChI is InChI=1S/C26H30ClF3N2O8S2/c1-12-5-14-7-16(10-17(12)26(14,36)24(34)21(33)11-31-41(2,37)38)42(39,40)22-6-13(3-4-18(22)27)25(35)32-15-8-19(28)23(30)20(29)9-15/h3-4,6,8-9,12,14,16-17,21,24,31,33-34,36H,5,7,10-11H2,1-2H3,(H,32,35)/t12-,14?,16+,17+,21?,24?,26+/m0/s1. The van der Waals surface area contributed by atoms with Crippen LogP contribution in [-0.2, 0) is 19.9 Å². The van der Waals surface area contributed by atoms with E-state index in [2.05, 4.69) is 10.0 Å². The Hall–Kier alpha value is -2.27. The van der Waals surface area contributed by atoms with E-state index < -0.39 is 95.2 Å². The summed E-state index contributed by atoms with van der Waals surface area (Å²) in [6, 6.07) is 4.49. The van der Waals surface area contributed by atoms with Crippen LogP contribution in [0, 0.1) is 35.2 Å². The van der Waals surface area contributed by atoms with Crippen molar-refractivity contribution in [2.45, 2.75) is 54.1 Å². The number of carbonyl (C=O) groups is 1. The maximum Gasteiger partial charge on any atom is 0.255 e. The quantitative estimate of drug-likeness (QED) is 0.256. The highest BCUT2D eigenvalue weighted by atomic mass is 35.5. The van der Waals surface area contributed by atoms with Gasteiger partial charge in [-0.1, -0.05) is 18.5 Å². The first kappa shape index (κ1) is 32.6. The van der Waals surface area contributed by atoms with Crippen molar-refractivity contribution in [2.75, 3.05) is 18.1 Å². The highest BCUT2D eigenvalue weighted by molar-refractivity contribution is 7.92. The predicted octanol–water partition coefficient (Wildman–Crippen LogP) is 2.22. The van der Waals surface area contributed by atoms with E-state index in [0.29, 0.717) is 18.6 Å². The number of rotatable bonds is 9. The summed E-state index contributed by atoms with van der Waals surface area (Å²) in [5.41, 5.74) is -2.51. The summed E-state index contributed by atoms with van der Waals surface area (Å²) in [4.78, 5) is 12.4. The molecule has 2 aromatic rings. The first-order chi connectivity index (χ1) is 19.4. The SMILES string of the molecule is C[C@H]1CC2C[C@@H](S(=O)(=O)c3cc(C(=O)Nc4cc(F)c(F)c(F)c4)ccc3Cl)C[C@H]1[C@@]2(O)C(O)C(O)CNS(C)(=O)=O. The summed E-state index contributed by atoms with van der Waals surface area (Å²) < 4.78 is 92.9. The number of amides is 1. The number of hydrogen-bond acceptors (Lipinski definition) is 8. The van der Waals surface area contributed by atoms with Gasteiger partial charge in [0.2, 0.25) is 10.0 Å². The Morgan fingerprint density at radius 3 is 2.26 bits per heavy atom. The van der Waals surface area contributed by atoms with Gasteiger partial charge in [0.05, 0.1) is 33.1 Å². The molecule has 2 bridgehead atoms. The van der Waals surface area contributed by atoms with Crippen LogP contribution in [0.25, 0.3) is 0 Å². The van der Waals surface area contributed by atoms with Crippen LogP contribution < -0.4 is 10.0 Å². The topological polar surface area (TPSA) is 170 Å². The van der Waals surface area contributed by atoms with Gasteiger partial charge >= 0.3 is 0 Å². The van der Waals surface area contributed by atoms with Crippen molar-refractivity contribution in [3.63, 3.8) is 0 Å². The Balaban J connectivity index is 1.57. The first-order valence-corrected chi connectivity index (χ1v) is 16.7. The van der Waals surface area contributed by atoms with Crippen LogP contribution in [0.1, 0.15) is 36.5 Å². The van der Waals surface area contributed by atoms with Gasteiger partial charge in [0.1, 0.15) is 6.10 Å². The monoisotopic (exact) mass is 654 g/mol. The van der Waals surface area contributed by atoms with Gasteiger partial charge < -0.3 is 20.6 Å². The molecule has 2 fully saturated rings. The van der Waals surface area contributed by atoms with Crippen molar-refractivity contribution < 1.29 is 50.1 Å². The molecule has 232 valence electrons. The van der Waals surface area contributed by atoms with Crippen molar-refractivity contribution in [3.8, 4) is 0 Å². The average Bonchev–Trinajstić information content (AvgIpc) is 3.01. The van der Waals surface area contributed by atoms with Crippen LogP contribution in [-0.4, -0.2) is 73.9 Å². The third-order valence-corrected chi connectivity index (χ3v) is 11.6. The second-order valence-corrected chi connectivity index (χ2v) is 15.5. The zero-order valence-electron chi connectivity index (χ0n) is 22.4. The number of fused-ring (bicyclic) bond motifs is 2. The molecule has 10 nitrogen and oxygen atoms in total. The summed E-state index contributed by atoms with van der Waals surface area (Å²) in [5, 5.41) is 33.8. The predicted molar refractivity (Wildman–Crippen MR) is 146 cm³/mol. The van der Waals surface area contributed by atoms with Gasteiger partial charge in [-0.25, -0.2) is 34.7 Å². The first-order valence-electron chi connectivity index (χ1n) is 12.9. The van der Waals surface area contributed by atoms with Crippen molar-refractivity contribution in [3.05, 3.63) is 58.4 Å². The second-order valence-electron chi connectivity index (χ2n) is 11.0. The number of hydrogen-bond donors (Lipinski definition) is 5. The summed E-state index contributed by atoms with van der Waals surface area (Å²) in [5.74, 6) is -7.54. The van der Waals surface area contributed by atoms with Gasteiger partial charge in [-0.15, -0.1) is 0 Å². The fourth-order valence-electron chi connectivity index (χ4n) is 6.21. The van der Waals surface area contributed by atoms with Crippen molar-refractivity contribution in [1.29, 1.82) is 0 Å². The number of anilines is 1. The number of sulfonamides is 1. The molecule has 1 amide bonds. The van der Waals surface area contributed by atoms with E-state index in [4.69, 9.17) is 11.6 Å². The number of carbonyl (C=O) groups excluding carboxylic acids is 1. The van der Waals surface area contributed by atoms with E-state index in [1.165, 1.54) is 12.1 Å². The summed E-state index contributed by atoms with van der Waals surface area (Å²) >= 11 is 6.23. The van der Waals surface area contributed by atoms with Gasteiger partial charge in [-0.05, 0) is 55.2 Å². The Bertz CT molecular complexity index is 1590. The zero-order valence-corrected chi connectivity index (χ0v) is 24.8. The number of sulfone groups is 1. The van der Waals surface area contributed by atoms with Crippen molar-refractivity contribution in [1.82, 2.24) is 4.72 Å². The number of nitrogens with one attached hydrogen (secondary N) is 2. The fraction of sp³-hybridized carbons (Fsp3) is 0.500. The third-order valence-electron chi connectivity index (χ3n) is 8.23. The molecule has 2 aliphatic rings. The molecule has 2 aromatic carbocycles. The molecule has 0 aromatic heterocycles.